The topological polar surface area (TPSA) is 72.0 Å². The van der Waals surface area contributed by atoms with Crippen molar-refractivity contribution in [3.05, 3.63) is 66.1 Å². The van der Waals surface area contributed by atoms with Gasteiger partial charge in [-0.25, -0.2) is 13.1 Å². The summed E-state index contributed by atoms with van der Waals surface area (Å²) >= 11 is 0. The van der Waals surface area contributed by atoms with Gasteiger partial charge in [-0.2, -0.15) is 0 Å². The molecule has 0 unspecified atom stereocenters. The molecule has 6 heteroatoms. The van der Waals surface area contributed by atoms with Gasteiger partial charge in [0.2, 0.25) is 10.0 Å². The number of hydrogen-bond acceptors (Lipinski definition) is 4. The van der Waals surface area contributed by atoms with Crippen molar-refractivity contribution in [1.29, 1.82) is 0 Å². The van der Waals surface area contributed by atoms with Gasteiger partial charge in [0.15, 0.2) is 0 Å². The molecule has 0 bridgehead atoms. The molecule has 0 aliphatic rings. The van der Waals surface area contributed by atoms with Crippen LogP contribution in [0.4, 0.5) is 0 Å². The van der Waals surface area contributed by atoms with E-state index < -0.39 is 10.0 Å². The van der Waals surface area contributed by atoms with E-state index in [1.807, 2.05) is 25.1 Å². The maximum absolute atomic E-state index is 12.5. The number of aryl methyl sites for hydroxylation is 1. The van der Waals surface area contributed by atoms with Crippen molar-refractivity contribution in [3.8, 4) is 0 Å². The Balaban J connectivity index is 1.95. The van der Waals surface area contributed by atoms with E-state index in [2.05, 4.69) is 14.7 Å². The van der Waals surface area contributed by atoms with Gasteiger partial charge in [-0.3, -0.25) is 9.97 Å². The van der Waals surface area contributed by atoms with Crippen LogP contribution in [0.3, 0.4) is 0 Å². The maximum atomic E-state index is 12.5. The summed E-state index contributed by atoms with van der Waals surface area (Å²) < 4.78 is 27.6. The number of nitrogens with zero attached hydrogens (tertiary/aromatic N) is 2. The van der Waals surface area contributed by atoms with Gasteiger partial charge in [-0.05, 0) is 36.8 Å². The van der Waals surface area contributed by atoms with Gasteiger partial charge in [0.05, 0.1) is 17.8 Å². The fourth-order valence-corrected chi connectivity index (χ4v) is 3.39. The van der Waals surface area contributed by atoms with Crippen LogP contribution in [-0.2, 0) is 16.6 Å². The zero-order chi connectivity index (χ0) is 15.6. The highest BCUT2D eigenvalue weighted by molar-refractivity contribution is 7.89. The monoisotopic (exact) mass is 313 g/mol. The van der Waals surface area contributed by atoms with Gasteiger partial charge in [-0.1, -0.05) is 18.2 Å². The van der Waals surface area contributed by atoms with Crippen LogP contribution in [0.2, 0.25) is 0 Å². The zero-order valence-electron chi connectivity index (χ0n) is 12.0. The highest BCUT2D eigenvalue weighted by atomic mass is 32.2. The molecule has 0 radical (unpaired) electrons. The number of fused-ring (bicyclic) bond motifs is 1. The minimum absolute atomic E-state index is 0.144. The fourth-order valence-electron chi connectivity index (χ4n) is 2.21. The summed E-state index contributed by atoms with van der Waals surface area (Å²) in [5.41, 5.74) is 2.13. The summed E-state index contributed by atoms with van der Waals surface area (Å²) in [6.45, 7) is 2.07. The van der Waals surface area contributed by atoms with Gasteiger partial charge in [0.25, 0.3) is 0 Å². The third kappa shape index (κ3) is 2.98. The van der Waals surface area contributed by atoms with Crippen molar-refractivity contribution in [3.63, 3.8) is 0 Å². The van der Waals surface area contributed by atoms with Crippen molar-refractivity contribution in [1.82, 2.24) is 14.7 Å². The second-order valence-corrected chi connectivity index (χ2v) is 6.72. The lowest BCUT2D eigenvalue weighted by atomic mass is 10.2. The van der Waals surface area contributed by atoms with E-state index in [9.17, 15) is 8.42 Å². The lowest BCUT2D eigenvalue weighted by molar-refractivity contribution is 0.581. The largest absolute Gasteiger partial charge is 0.260 e. The fraction of sp³-hybridized carbons (Fsp3) is 0.125. The van der Waals surface area contributed by atoms with Crippen LogP contribution < -0.4 is 4.72 Å². The molecule has 3 rings (SSSR count). The lowest BCUT2D eigenvalue weighted by Gasteiger charge is -2.09. The summed E-state index contributed by atoms with van der Waals surface area (Å²) in [6, 6.07) is 12.4. The molecular formula is C16H15N3O2S. The number of benzene rings is 1. The number of rotatable bonds is 4. The summed E-state index contributed by atoms with van der Waals surface area (Å²) in [4.78, 5) is 8.56. The van der Waals surface area contributed by atoms with Crippen molar-refractivity contribution in [2.45, 2.75) is 18.4 Å². The number of hydrogen-bond donors (Lipinski definition) is 1. The molecule has 0 spiro atoms. The minimum Gasteiger partial charge on any atom is -0.260 e. The van der Waals surface area contributed by atoms with Gasteiger partial charge >= 0.3 is 0 Å². The molecule has 0 fully saturated rings. The first-order valence-corrected chi connectivity index (χ1v) is 8.29. The Kier molecular flexibility index (Phi) is 3.87. The summed E-state index contributed by atoms with van der Waals surface area (Å²) in [5.74, 6) is 0. The molecule has 22 heavy (non-hydrogen) atoms. The molecule has 0 aliphatic carbocycles. The van der Waals surface area contributed by atoms with Gasteiger partial charge in [0, 0.05) is 17.8 Å². The van der Waals surface area contributed by atoms with E-state index in [0.29, 0.717) is 11.2 Å². The number of nitrogens with one attached hydrogen (secondary N) is 1. The summed E-state index contributed by atoms with van der Waals surface area (Å²) in [5, 5.41) is 0.806. The van der Waals surface area contributed by atoms with Crippen LogP contribution in [0.1, 0.15) is 11.3 Å². The number of sulfonamides is 1. The highest BCUT2D eigenvalue weighted by Crippen LogP contribution is 2.21. The molecule has 0 saturated heterocycles. The van der Waals surface area contributed by atoms with Crippen LogP contribution in [0, 0.1) is 6.92 Å². The normalized spacial score (nSPS) is 11.7. The van der Waals surface area contributed by atoms with E-state index >= 15 is 0 Å². The van der Waals surface area contributed by atoms with Crippen LogP contribution in [0.25, 0.3) is 10.9 Å². The number of pyridine rings is 2. The standard InChI is InChI=1S/C16H15N3O2S/c1-12-9-13-5-4-7-15(16(13)18-10-12)22(20,21)19-11-14-6-2-3-8-17-14/h2-10,19H,11H2,1H3. The minimum atomic E-state index is -3.65. The van der Waals surface area contributed by atoms with Crippen LogP contribution in [0.5, 0.6) is 0 Å². The molecule has 1 N–H and O–H groups in total. The molecule has 2 aromatic heterocycles. The van der Waals surface area contributed by atoms with E-state index in [0.717, 1.165) is 10.9 Å². The molecule has 0 amide bonds. The second-order valence-electron chi connectivity index (χ2n) is 4.99. The maximum Gasteiger partial charge on any atom is 0.243 e. The van der Waals surface area contributed by atoms with Crippen molar-refractivity contribution in [2.24, 2.45) is 0 Å². The van der Waals surface area contributed by atoms with Gasteiger partial charge < -0.3 is 0 Å². The lowest BCUT2D eigenvalue weighted by Crippen LogP contribution is -2.24. The van der Waals surface area contributed by atoms with E-state index in [-0.39, 0.29) is 11.4 Å². The Morgan fingerprint density at radius 3 is 2.73 bits per heavy atom. The predicted octanol–water partition coefficient (Wildman–Crippen LogP) is 2.42. The molecule has 0 atom stereocenters. The molecule has 112 valence electrons. The summed E-state index contributed by atoms with van der Waals surface area (Å²) in [6.07, 6.45) is 3.30. The molecule has 0 saturated carbocycles. The Bertz CT molecular complexity index is 909. The van der Waals surface area contributed by atoms with E-state index in [1.54, 1.807) is 36.7 Å². The van der Waals surface area contributed by atoms with Crippen molar-refractivity contribution < 1.29 is 8.42 Å². The Morgan fingerprint density at radius 2 is 1.95 bits per heavy atom. The van der Waals surface area contributed by atoms with Crippen LogP contribution in [-0.4, -0.2) is 18.4 Å². The van der Waals surface area contributed by atoms with Crippen molar-refractivity contribution in [2.75, 3.05) is 0 Å². The van der Waals surface area contributed by atoms with E-state index in [4.69, 9.17) is 0 Å². The Labute approximate surface area is 129 Å². The van der Waals surface area contributed by atoms with Crippen molar-refractivity contribution >= 4 is 20.9 Å². The molecule has 0 aliphatic heterocycles. The van der Waals surface area contributed by atoms with Crippen LogP contribution in [0.15, 0.2) is 59.8 Å². The predicted molar refractivity (Wildman–Crippen MR) is 84.7 cm³/mol. The first-order chi connectivity index (χ1) is 10.6. The second kappa shape index (κ2) is 5.82. The summed E-state index contributed by atoms with van der Waals surface area (Å²) in [7, 11) is -3.65. The molecule has 1 aromatic carbocycles. The molecule has 3 aromatic rings. The van der Waals surface area contributed by atoms with Gasteiger partial charge in [0.1, 0.15) is 4.90 Å². The van der Waals surface area contributed by atoms with E-state index in [1.165, 1.54) is 0 Å². The highest BCUT2D eigenvalue weighted by Gasteiger charge is 2.18. The molecule has 5 nitrogen and oxygen atoms in total. The van der Waals surface area contributed by atoms with Gasteiger partial charge in [-0.15, -0.1) is 0 Å². The number of aromatic nitrogens is 2. The first-order valence-electron chi connectivity index (χ1n) is 6.81. The average molecular weight is 313 g/mol. The third-order valence-electron chi connectivity index (χ3n) is 3.27. The Hall–Kier alpha value is -2.31. The number of para-hydroxylation sites is 1. The quantitative estimate of drug-likeness (QED) is 0.803. The SMILES string of the molecule is Cc1cnc2c(S(=O)(=O)NCc3ccccn3)cccc2c1. The average Bonchev–Trinajstić information content (AvgIpc) is 2.53. The first kappa shape index (κ1) is 14.6. The van der Waals surface area contributed by atoms with Crippen LogP contribution >= 0.6 is 0 Å². The third-order valence-corrected chi connectivity index (χ3v) is 4.70. The molecule has 2 heterocycles. The zero-order valence-corrected chi connectivity index (χ0v) is 12.8. The Morgan fingerprint density at radius 1 is 1.09 bits per heavy atom. The molecular weight excluding hydrogens is 298 g/mol. The smallest absolute Gasteiger partial charge is 0.243 e.